The first kappa shape index (κ1) is 16.8. The minimum Gasteiger partial charge on any atom is -0.379 e. The number of nitrogens with zero attached hydrogens (tertiary/aromatic N) is 3. The third kappa shape index (κ3) is 3.52. The Balaban J connectivity index is 1.73. The van der Waals surface area contributed by atoms with Crippen LogP contribution >= 0.6 is 27.3 Å². The lowest BCUT2D eigenvalue weighted by atomic mass is 10.0. The second-order valence-electron chi connectivity index (χ2n) is 5.66. The van der Waals surface area contributed by atoms with Crippen molar-refractivity contribution in [3.8, 4) is 10.7 Å². The molecule has 1 saturated heterocycles. The number of benzene rings is 1. The summed E-state index contributed by atoms with van der Waals surface area (Å²) in [4.78, 5) is 7.56. The highest BCUT2D eigenvalue weighted by atomic mass is 79.9. The molecule has 0 radical (unpaired) electrons. The van der Waals surface area contributed by atoms with Gasteiger partial charge in [0.2, 0.25) is 11.7 Å². The van der Waals surface area contributed by atoms with Gasteiger partial charge in [0.1, 0.15) is 11.9 Å². The van der Waals surface area contributed by atoms with Gasteiger partial charge in [-0.25, -0.2) is 4.39 Å². The lowest BCUT2D eigenvalue weighted by Gasteiger charge is -2.32. The van der Waals surface area contributed by atoms with E-state index in [4.69, 9.17) is 9.26 Å². The molecular weight excluding hydrogens is 409 g/mol. The van der Waals surface area contributed by atoms with E-state index in [0.717, 1.165) is 9.35 Å². The normalized spacial score (nSPS) is 16.9. The minimum atomic E-state index is -0.422. The molecule has 0 unspecified atom stereocenters. The van der Waals surface area contributed by atoms with E-state index in [2.05, 4.69) is 31.0 Å². The smallest absolute Gasteiger partial charge is 0.249 e. The van der Waals surface area contributed by atoms with E-state index in [9.17, 15) is 4.39 Å². The first-order valence-electron chi connectivity index (χ1n) is 7.86. The average Bonchev–Trinajstić information content (AvgIpc) is 3.27. The summed E-state index contributed by atoms with van der Waals surface area (Å²) in [6.45, 7) is 2.57. The Morgan fingerprint density at radius 3 is 2.76 bits per heavy atom. The number of thiophene rings is 1. The van der Waals surface area contributed by atoms with Gasteiger partial charge in [-0.1, -0.05) is 23.4 Å². The summed E-state index contributed by atoms with van der Waals surface area (Å²) in [5, 5.41) is 6.05. The van der Waals surface area contributed by atoms with Crippen LogP contribution in [0.25, 0.3) is 10.7 Å². The maximum atomic E-state index is 14.5. The topological polar surface area (TPSA) is 51.4 Å². The highest BCUT2D eigenvalue weighted by molar-refractivity contribution is 9.10. The van der Waals surface area contributed by atoms with Gasteiger partial charge in [-0.3, -0.25) is 4.90 Å². The number of aromatic nitrogens is 2. The molecule has 1 aliphatic heterocycles. The Morgan fingerprint density at radius 1 is 1.24 bits per heavy atom. The highest BCUT2D eigenvalue weighted by Gasteiger charge is 2.31. The van der Waals surface area contributed by atoms with Crippen LogP contribution in [0.2, 0.25) is 0 Å². The molecule has 0 aliphatic carbocycles. The van der Waals surface area contributed by atoms with Crippen LogP contribution in [0.5, 0.6) is 0 Å². The fraction of sp³-hybridized carbons (Fsp3) is 0.294. The van der Waals surface area contributed by atoms with Gasteiger partial charge < -0.3 is 9.26 Å². The zero-order chi connectivity index (χ0) is 17.2. The molecule has 8 heteroatoms. The van der Waals surface area contributed by atoms with Crippen molar-refractivity contribution < 1.29 is 13.7 Å². The standard InChI is InChI=1S/C17H15BrFN3O2S/c18-11-9-14(25-10-11)16-20-17(24-21-16)15(22-5-7-23-8-6-22)12-3-1-2-4-13(12)19/h1-4,9-10,15H,5-8H2/t15-/m0/s1. The maximum Gasteiger partial charge on any atom is 0.249 e. The van der Waals surface area contributed by atoms with Crippen molar-refractivity contribution in [3.05, 3.63) is 57.5 Å². The molecule has 3 heterocycles. The van der Waals surface area contributed by atoms with Gasteiger partial charge in [0.05, 0.1) is 18.1 Å². The molecule has 5 nitrogen and oxygen atoms in total. The van der Waals surface area contributed by atoms with Crippen molar-refractivity contribution in [3.63, 3.8) is 0 Å². The van der Waals surface area contributed by atoms with Crippen molar-refractivity contribution in [1.82, 2.24) is 15.0 Å². The largest absolute Gasteiger partial charge is 0.379 e. The van der Waals surface area contributed by atoms with Gasteiger partial charge in [0.15, 0.2) is 0 Å². The van der Waals surface area contributed by atoms with Crippen LogP contribution in [0.4, 0.5) is 4.39 Å². The first-order chi connectivity index (χ1) is 12.2. The second kappa shape index (κ2) is 7.33. The van der Waals surface area contributed by atoms with E-state index in [1.807, 2.05) is 17.5 Å². The molecule has 3 aromatic rings. The van der Waals surface area contributed by atoms with Gasteiger partial charge in [-0.2, -0.15) is 4.98 Å². The number of halogens is 2. The van der Waals surface area contributed by atoms with Crippen LogP contribution in [0.15, 0.2) is 44.7 Å². The maximum absolute atomic E-state index is 14.5. The Kier molecular flexibility index (Phi) is 4.93. The lowest BCUT2D eigenvalue weighted by molar-refractivity contribution is 0.0174. The molecule has 0 N–H and O–H groups in total. The van der Waals surface area contributed by atoms with Crippen LogP contribution in [0, 0.1) is 5.82 Å². The van der Waals surface area contributed by atoms with Crippen LogP contribution < -0.4 is 0 Å². The summed E-state index contributed by atoms with van der Waals surface area (Å²) >= 11 is 4.95. The second-order valence-corrected chi connectivity index (χ2v) is 7.48. The SMILES string of the molecule is Fc1ccccc1[C@@H](c1nc(-c2cc(Br)cs2)no1)N1CCOCC1. The fourth-order valence-corrected chi connectivity index (χ4v) is 4.25. The van der Waals surface area contributed by atoms with Crippen molar-refractivity contribution in [2.24, 2.45) is 0 Å². The molecule has 0 bridgehead atoms. The number of ether oxygens (including phenoxy) is 1. The van der Waals surface area contributed by atoms with E-state index < -0.39 is 6.04 Å². The molecule has 0 saturated carbocycles. The van der Waals surface area contributed by atoms with Crippen LogP contribution in [-0.2, 0) is 4.74 Å². The summed E-state index contributed by atoms with van der Waals surface area (Å²) < 4.78 is 26.4. The van der Waals surface area contributed by atoms with Gasteiger partial charge in [0, 0.05) is 28.5 Å². The number of rotatable bonds is 4. The summed E-state index contributed by atoms with van der Waals surface area (Å²) in [5.41, 5.74) is 0.534. The molecule has 1 aromatic carbocycles. The predicted octanol–water partition coefficient (Wildman–Crippen LogP) is 4.12. The van der Waals surface area contributed by atoms with E-state index >= 15 is 0 Å². The van der Waals surface area contributed by atoms with E-state index in [-0.39, 0.29) is 5.82 Å². The molecule has 130 valence electrons. The van der Waals surface area contributed by atoms with Crippen molar-refractivity contribution in [1.29, 1.82) is 0 Å². The van der Waals surface area contributed by atoms with E-state index in [1.165, 1.54) is 17.4 Å². The summed E-state index contributed by atoms with van der Waals surface area (Å²) in [5.74, 6) is 0.629. The Hall–Kier alpha value is -1.61. The van der Waals surface area contributed by atoms with Crippen LogP contribution in [0.3, 0.4) is 0 Å². The molecule has 1 fully saturated rings. The molecule has 1 aliphatic rings. The molecule has 4 rings (SSSR count). The third-order valence-electron chi connectivity index (χ3n) is 4.07. The fourth-order valence-electron chi connectivity index (χ4n) is 2.90. The monoisotopic (exact) mass is 423 g/mol. The molecule has 0 amide bonds. The number of hydrogen-bond acceptors (Lipinski definition) is 6. The molecule has 25 heavy (non-hydrogen) atoms. The van der Waals surface area contributed by atoms with E-state index in [0.29, 0.717) is 43.6 Å². The van der Waals surface area contributed by atoms with Gasteiger partial charge in [-0.05, 0) is 28.1 Å². The number of morpholine rings is 1. The third-order valence-corrected chi connectivity index (χ3v) is 5.76. The Bertz CT molecular complexity index is 863. The average molecular weight is 424 g/mol. The Labute approximate surface area is 156 Å². The zero-order valence-corrected chi connectivity index (χ0v) is 15.6. The van der Waals surface area contributed by atoms with Crippen LogP contribution in [-0.4, -0.2) is 41.3 Å². The molecular formula is C17H15BrFN3O2S. The van der Waals surface area contributed by atoms with Gasteiger partial charge in [0.25, 0.3) is 0 Å². The van der Waals surface area contributed by atoms with Crippen molar-refractivity contribution in [2.75, 3.05) is 26.3 Å². The number of hydrogen-bond donors (Lipinski definition) is 0. The molecule has 2 aromatic heterocycles. The van der Waals surface area contributed by atoms with Gasteiger partial charge in [-0.15, -0.1) is 11.3 Å². The highest BCUT2D eigenvalue weighted by Crippen LogP contribution is 2.33. The summed E-state index contributed by atoms with van der Waals surface area (Å²) in [7, 11) is 0. The van der Waals surface area contributed by atoms with Crippen molar-refractivity contribution >= 4 is 27.3 Å². The molecule has 1 atom stereocenters. The molecule has 0 spiro atoms. The lowest BCUT2D eigenvalue weighted by Crippen LogP contribution is -2.40. The predicted molar refractivity (Wildman–Crippen MR) is 95.9 cm³/mol. The Morgan fingerprint density at radius 2 is 2.04 bits per heavy atom. The summed E-state index contributed by atoms with van der Waals surface area (Å²) in [6, 6.07) is 8.23. The van der Waals surface area contributed by atoms with Crippen molar-refractivity contribution in [2.45, 2.75) is 6.04 Å². The zero-order valence-electron chi connectivity index (χ0n) is 13.2. The van der Waals surface area contributed by atoms with Crippen LogP contribution in [0.1, 0.15) is 17.5 Å². The minimum absolute atomic E-state index is 0.280. The van der Waals surface area contributed by atoms with E-state index in [1.54, 1.807) is 12.1 Å². The van der Waals surface area contributed by atoms with Gasteiger partial charge >= 0.3 is 0 Å². The quantitative estimate of drug-likeness (QED) is 0.631. The first-order valence-corrected chi connectivity index (χ1v) is 9.54. The summed E-state index contributed by atoms with van der Waals surface area (Å²) in [6.07, 6.45) is 0.